The lowest BCUT2D eigenvalue weighted by Gasteiger charge is -2.04. The minimum Gasteiger partial charge on any atom is -0.462 e. The molecule has 0 saturated heterocycles. The minimum atomic E-state index is -0.248. The molecule has 1 aromatic heterocycles. The second kappa shape index (κ2) is 7.26. The Morgan fingerprint density at radius 2 is 1.68 bits per heavy atom. The molecule has 114 valence electrons. The van der Waals surface area contributed by atoms with Gasteiger partial charge in [-0.15, -0.1) is 0 Å². The fourth-order valence-corrected chi connectivity index (χ4v) is 1.86. The third kappa shape index (κ3) is 4.63. The van der Waals surface area contributed by atoms with Crippen LogP contribution in [0.25, 0.3) is 6.08 Å². The molecule has 1 heterocycles. The van der Waals surface area contributed by atoms with Crippen molar-refractivity contribution in [2.24, 2.45) is 0 Å². The Balaban J connectivity index is 1.92. The van der Waals surface area contributed by atoms with E-state index in [4.69, 9.17) is 4.42 Å². The number of nitrogens with one attached hydrogen (secondary N) is 2. The fraction of sp³-hybridized carbons (Fsp3) is 0.176. The van der Waals surface area contributed by atoms with Crippen molar-refractivity contribution in [1.29, 1.82) is 0 Å². The summed E-state index contributed by atoms with van der Waals surface area (Å²) in [5.74, 6) is 1.15. The monoisotopic (exact) mass is 298 g/mol. The van der Waals surface area contributed by atoms with Crippen LogP contribution in [-0.2, 0) is 16.0 Å². The highest BCUT2D eigenvalue weighted by atomic mass is 16.3. The molecule has 2 aromatic rings. The number of rotatable bonds is 5. The van der Waals surface area contributed by atoms with Gasteiger partial charge in [0.05, 0.1) is 0 Å². The van der Waals surface area contributed by atoms with Crippen LogP contribution in [0.5, 0.6) is 0 Å². The number of carbonyl (C=O) groups is 2. The smallest absolute Gasteiger partial charge is 0.248 e. The standard InChI is InChI=1S/C17H18N2O3/c1-3-15-8-9-16(22-15)10-11-17(21)19-14-6-4-13(5-7-14)18-12(2)20/h4-11H,3H2,1-2H3,(H,18,20)(H,19,21). The number of aryl methyl sites for hydroxylation is 1. The van der Waals surface area contributed by atoms with E-state index in [1.54, 1.807) is 30.3 Å². The van der Waals surface area contributed by atoms with Crippen LogP contribution in [0.4, 0.5) is 11.4 Å². The first-order valence-electron chi connectivity index (χ1n) is 7.02. The fourth-order valence-electron chi connectivity index (χ4n) is 1.86. The molecule has 0 bridgehead atoms. The van der Waals surface area contributed by atoms with E-state index in [1.807, 2.05) is 19.1 Å². The maximum atomic E-state index is 11.8. The summed E-state index contributed by atoms with van der Waals surface area (Å²) in [6.45, 7) is 3.45. The van der Waals surface area contributed by atoms with Crippen molar-refractivity contribution in [3.05, 3.63) is 54.0 Å². The maximum absolute atomic E-state index is 11.8. The Morgan fingerprint density at radius 1 is 1.05 bits per heavy atom. The SMILES string of the molecule is CCc1ccc(C=CC(=O)Nc2ccc(NC(C)=O)cc2)o1. The van der Waals surface area contributed by atoms with Crippen molar-refractivity contribution < 1.29 is 14.0 Å². The van der Waals surface area contributed by atoms with Crippen LogP contribution in [0, 0.1) is 0 Å². The van der Waals surface area contributed by atoms with Crippen LogP contribution < -0.4 is 10.6 Å². The molecule has 5 heteroatoms. The van der Waals surface area contributed by atoms with Gasteiger partial charge in [-0.05, 0) is 42.5 Å². The molecular weight excluding hydrogens is 280 g/mol. The van der Waals surface area contributed by atoms with Gasteiger partial charge in [0.1, 0.15) is 11.5 Å². The topological polar surface area (TPSA) is 71.3 Å². The molecule has 0 atom stereocenters. The molecule has 0 aliphatic heterocycles. The first-order valence-corrected chi connectivity index (χ1v) is 7.02. The predicted octanol–water partition coefficient (Wildman–Crippen LogP) is 3.45. The van der Waals surface area contributed by atoms with E-state index in [0.717, 1.165) is 12.2 Å². The highest BCUT2D eigenvalue weighted by molar-refractivity contribution is 6.01. The average Bonchev–Trinajstić information content (AvgIpc) is 2.95. The van der Waals surface area contributed by atoms with Gasteiger partial charge < -0.3 is 15.1 Å². The number of hydrogen-bond acceptors (Lipinski definition) is 3. The van der Waals surface area contributed by atoms with Gasteiger partial charge in [-0.3, -0.25) is 9.59 Å². The molecule has 2 N–H and O–H groups in total. The number of benzene rings is 1. The van der Waals surface area contributed by atoms with Gasteiger partial charge in [-0.1, -0.05) is 6.92 Å². The van der Waals surface area contributed by atoms with Gasteiger partial charge in [0, 0.05) is 30.8 Å². The van der Waals surface area contributed by atoms with Crippen LogP contribution in [-0.4, -0.2) is 11.8 Å². The lowest BCUT2D eigenvalue weighted by atomic mass is 10.2. The molecule has 0 aliphatic rings. The van der Waals surface area contributed by atoms with Crippen LogP contribution in [0.15, 0.2) is 46.9 Å². The van der Waals surface area contributed by atoms with Gasteiger partial charge in [0.25, 0.3) is 0 Å². The van der Waals surface area contributed by atoms with E-state index in [9.17, 15) is 9.59 Å². The average molecular weight is 298 g/mol. The Bertz CT molecular complexity index is 684. The van der Waals surface area contributed by atoms with Crippen molar-refractivity contribution >= 4 is 29.3 Å². The molecule has 0 unspecified atom stereocenters. The van der Waals surface area contributed by atoms with E-state index in [1.165, 1.54) is 13.0 Å². The summed E-state index contributed by atoms with van der Waals surface area (Å²) in [6, 6.07) is 10.6. The van der Waals surface area contributed by atoms with Gasteiger partial charge >= 0.3 is 0 Å². The second-order valence-electron chi connectivity index (χ2n) is 4.74. The van der Waals surface area contributed by atoms with Crippen molar-refractivity contribution in [2.75, 3.05) is 10.6 Å². The molecule has 0 radical (unpaired) electrons. The molecule has 2 rings (SSSR count). The van der Waals surface area contributed by atoms with E-state index in [2.05, 4.69) is 10.6 Å². The highest BCUT2D eigenvalue weighted by Crippen LogP contribution is 2.14. The summed E-state index contributed by atoms with van der Waals surface area (Å²) < 4.78 is 5.48. The Morgan fingerprint density at radius 3 is 2.23 bits per heavy atom. The lowest BCUT2D eigenvalue weighted by Crippen LogP contribution is -2.08. The molecule has 22 heavy (non-hydrogen) atoms. The van der Waals surface area contributed by atoms with Gasteiger partial charge in [0.15, 0.2) is 0 Å². The van der Waals surface area contributed by atoms with Crippen LogP contribution in [0.2, 0.25) is 0 Å². The molecule has 0 fully saturated rings. The Kier molecular flexibility index (Phi) is 5.14. The van der Waals surface area contributed by atoms with E-state index < -0.39 is 0 Å². The van der Waals surface area contributed by atoms with Crippen LogP contribution in [0.3, 0.4) is 0 Å². The second-order valence-corrected chi connectivity index (χ2v) is 4.74. The summed E-state index contributed by atoms with van der Waals surface area (Å²) in [4.78, 5) is 22.7. The molecular formula is C17H18N2O3. The van der Waals surface area contributed by atoms with Crippen molar-refractivity contribution in [3.8, 4) is 0 Å². The first-order chi connectivity index (χ1) is 10.6. The largest absolute Gasteiger partial charge is 0.462 e. The Labute approximate surface area is 129 Å². The quantitative estimate of drug-likeness (QED) is 0.830. The summed E-state index contributed by atoms with van der Waals surface area (Å²) in [6.07, 6.45) is 3.86. The third-order valence-corrected chi connectivity index (χ3v) is 2.90. The summed E-state index contributed by atoms with van der Waals surface area (Å²) in [5, 5.41) is 5.40. The van der Waals surface area contributed by atoms with Crippen molar-refractivity contribution in [2.45, 2.75) is 20.3 Å². The van der Waals surface area contributed by atoms with Crippen LogP contribution in [0.1, 0.15) is 25.4 Å². The number of anilines is 2. The summed E-state index contributed by atoms with van der Waals surface area (Å²) in [7, 11) is 0. The summed E-state index contributed by atoms with van der Waals surface area (Å²) >= 11 is 0. The maximum Gasteiger partial charge on any atom is 0.248 e. The van der Waals surface area contributed by atoms with E-state index >= 15 is 0 Å². The van der Waals surface area contributed by atoms with Gasteiger partial charge in [-0.2, -0.15) is 0 Å². The zero-order chi connectivity index (χ0) is 15.9. The van der Waals surface area contributed by atoms with Crippen molar-refractivity contribution in [1.82, 2.24) is 0 Å². The number of furan rings is 1. The minimum absolute atomic E-state index is 0.135. The molecule has 2 amide bonds. The predicted molar refractivity (Wildman–Crippen MR) is 86.5 cm³/mol. The normalized spacial score (nSPS) is 10.6. The first kappa shape index (κ1) is 15.6. The number of carbonyl (C=O) groups excluding carboxylic acids is 2. The molecule has 0 aliphatic carbocycles. The summed E-state index contributed by atoms with van der Waals surface area (Å²) in [5.41, 5.74) is 1.33. The molecule has 0 saturated carbocycles. The highest BCUT2D eigenvalue weighted by Gasteiger charge is 2.01. The number of hydrogen-bond donors (Lipinski definition) is 2. The third-order valence-electron chi connectivity index (χ3n) is 2.90. The molecule has 5 nitrogen and oxygen atoms in total. The van der Waals surface area contributed by atoms with Gasteiger partial charge in [0.2, 0.25) is 11.8 Å². The van der Waals surface area contributed by atoms with Crippen LogP contribution >= 0.6 is 0 Å². The number of amides is 2. The lowest BCUT2D eigenvalue weighted by molar-refractivity contribution is -0.114. The van der Waals surface area contributed by atoms with Crippen molar-refractivity contribution in [3.63, 3.8) is 0 Å². The van der Waals surface area contributed by atoms with Gasteiger partial charge in [-0.25, -0.2) is 0 Å². The Hall–Kier alpha value is -2.82. The van der Waals surface area contributed by atoms with E-state index in [0.29, 0.717) is 17.1 Å². The molecule has 1 aromatic carbocycles. The molecule has 0 spiro atoms. The van der Waals surface area contributed by atoms with E-state index in [-0.39, 0.29) is 11.8 Å². The zero-order valence-electron chi connectivity index (χ0n) is 12.6. The zero-order valence-corrected chi connectivity index (χ0v) is 12.6.